The van der Waals surface area contributed by atoms with E-state index >= 15 is 0 Å². The average Bonchev–Trinajstić information content (AvgIpc) is 2.29. The maximum Gasteiger partial charge on any atom is 0.303 e. The van der Waals surface area contributed by atoms with E-state index in [2.05, 4.69) is 0 Å². The van der Waals surface area contributed by atoms with Crippen molar-refractivity contribution >= 4 is 5.97 Å². The Hall–Kier alpha value is -1.55. The van der Waals surface area contributed by atoms with Crippen molar-refractivity contribution in [2.75, 3.05) is 20.3 Å². The van der Waals surface area contributed by atoms with Crippen molar-refractivity contribution in [2.24, 2.45) is 0 Å². The molecule has 1 atom stereocenters. The summed E-state index contributed by atoms with van der Waals surface area (Å²) in [5.74, 6) is -0.131. The van der Waals surface area contributed by atoms with E-state index in [-0.39, 0.29) is 12.3 Å². The zero-order valence-corrected chi connectivity index (χ0v) is 10.2. The number of carbonyl (C=O) groups is 1. The summed E-state index contributed by atoms with van der Waals surface area (Å²) in [5, 5.41) is 8.79. The van der Waals surface area contributed by atoms with Crippen LogP contribution in [0.15, 0.2) is 24.3 Å². The van der Waals surface area contributed by atoms with Crippen molar-refractivity contribution in [3.63, 3.8) is 0 Å². The van der Waals surface area contributed by atoms with Gasteiger partial charge in [0.05, 0.1) is 13.0 Å². The number of rotatable bonds is 7. The van der Waals surface area contributed by atoms with E-state index in [9.17, 15) is 4.79 Å². The largest absolute Gasteiger partial charge is 0.491 e. The highest BCUT2D eigenvalue weighted by Gasteiger charge is 2.14. The number of carboxylic acid groups (broad SMARTS) is 1. The van der Waals surface area contributed by atoms with Gasteiger partial charge in [0.1, 0.15) is 12.4 Å². The maximum atomic E-state index is 10.7. The predicted octanol–water partition coefficient (Wildman–Crippen LogP) is 2.29. The standard InChI is InChI=1S/C13H18O4/c1-10(9-13(14)15)11-5-3-4-6-12(11)17-8-7-16-2/h3-6,10H,7-9H2,1-2H3,(H,14,15). The Morgan fingerprint density at radius 2 is 2.06 bits per heavy atom. The second-order valence-electron chi connectivity index (χ2n) is 3.88. The average molecular weight is 238 g/mol. The molecule has 4 heteroatoms. The van der Waals surface area contributed by atoms with E-state index < -0.39 is 5.97 Å². The van der Waals surface area contributed by atoms with Crippen LogP contribution in [0.1, 0.15) is 24.8 Å². The molecule has 1 aromatic carbocycles. The molecule has 4 nitrogen and oxygen atoms in total. The van der Waals surface area contributed by atoms with Gasteiger partial charge in [-0.15, -0.1) is 0 Å². The van der Waals surface area contributed by atoms with Crippen LogP contribution in [0.4, 0.5) is 0 Å². The summed E-state index contributed by atoms with van der Waals surface area (Å²) in [6.45, 7) is 2.86. The van der Waals surface area contributed by atoms with Crippen molar-refractivity contribution < 1.29 is 19.4 Å². The van der Waals surface area contributed by atoms with Crippen molar-refractivity contribution in [3.05, 3.63) is 29.8 Å². The lowest BCUT2D eigenvalue weighted by Crippen LogP contribution is -2.08. The number of methoxy groups -OCH3 is 1. The van der Waals surface area contributed by atoms with Gasteiger partial charge in [-0.1, -0.05) is 25.1 Å². The van der Waals surface area contributed by atoms with Gasteiger partial charge in [-0.3, -0.25) is 4.79 Å². The number of para-hydroxylation sites is 1. The highest BCUT2D eigenvalue weighted by Crippen LogP contribution is 2.28. The Balaban J connectivity index is 2.72. The number of aliphatic carboxylic acids is 1. The molecule has 0 aliphatic carbocycles. The van der Waals surface area contributed by atoms with Crippen molar-refractivity contribution in [2.45, 2.75) is 19.3 Å². The monoisotopic (exact) mass is 238 g/mol. The van der Waals surface area contributed by atoms with E-state index in [1.165, 1.54) is 0 Å². The molecular formula is C13H18O4. The molecule has 0 radical (unpaired) electrons. The lowest BCUT2D eigenvalue weighted by atomic mass is 9.97. The SMILES string of the molecule is COCCOc1ccccc1C(C)CC(=O)O. The molecule has 0 fully saturated rings. The van der Waals surface area contributed by atoms with E-state index in [0.717, 1.165) is 11.3 Å². The van der Waals surface area contributed by atoms with Crippen LogP contribution in [0, 0.1) is 0 Å². The molecule has 0 spiro atoms. The van der Waals surface area contributed by atoms with Crippen LogP contribution in [0.25, 0.3) is 0 Å². The lowest BCUT2D eigenvalue weighted by Gasteiger charge is -2.15. The minimum absolute atomic E-state index is 0.0637. The number of benzene rings is 1. The summed E-state index contributed by atoms with van der Waals surface area (Å²) in [7, 11) is 1.61. The third-order valence-electron chi connectivity index (χ3n) is 2.48. The fourth-order valence-electron chi connectivity index (χ4n) is 1.63. The number of ether oxygens (including phenoxy) is 2. The second-order valence-corrected chi connectivity index (χ2v) is 3.88. The van der Waals surface area contributed by atoms with Gasteiger partial charge >= 0.3 is 5.97 Å². The molecule has 0 aromatic heterocycles. The summed E-state index contributed by atoms with van der Waals surface area (Å²) < 4.78 is 10.5. The Morgan fingerprint density at radius 1 is 1.35 bits per heavy atom. The Morgan fingerprint density at radius 3 is 2.71 bits per heavy atom. The Bertz CT molecular complexity index is 362. The maximum absolute atomic E-state index is 10.7. The van der Waals surface area contributed by atoms with Crippen LogP contribution in [0.3, 0.4) is 0 Å². The highest BCUT2D eigenvalue weighted by molar-refractivity contribution is 5.68. The van der Waals surface area contributed by atoms with Crippen LogP contribution in [-0.4, -0.2) is 31.4 Å². The van der Waals surface area contributed by atoms with Crippen LogP contribution >= 0.6 is 0 Å². The van der Waals surface area contributed by atoms with Crippen LogP contribution < -0.4 is 4.74 Å². The number of hydrogen-bond donors (Lipinski definition) is 1. The van der Waals surface area contributed by atoms with Gasteiger partial charge < -0.3 is 14.6 Å². The fourth-order valence-corrected chi connectivity index (χ4v) is 1.63. The van der Waals surface area contributed by atoms with Gasteiger partial charge in [-0.05, 0) is 17.5 Å². The fraction of sp³-hybridized carbons (Fsp3) is 0.462. The van der Waals surface area contributed by atoms with Crippen molar-refractivity contribution in [3.8, 4) is 5.75 Å². The summed E-state index contributed by atoms with van der Waals surface area (Å²) in [5.41, 5.74) is 0.922. The van der Waals surface area contributed by atoms with Crippen LogP contribution in [0.5, 0.6) is 5.75 Å². The van der Waals surface area contributed by atoms with Crippen molar-refractivity contribution in [1.82, 2.24) is 0 Å². The molecule has 1 unspecified atom stereocenters. The summed E-state index contributed by atoms with van der Waals surface area (Å²) in [6, 6.07) is 7.51. The zero-order chi connectivity index (χ0) is 12.7. The third kappa shape index (κ3) is 4.44. The summed E-state index contributed by atoms with van der Waals surface area (Å²) in [4.78, 5) is 10.7. The molecule has 0 amide bonds. The zero-order valence-electron chi connectivity index (χ0n) is 10.2. The van der Waals surface area contributed by atoms with Gasteiger partial charge in [0, 0.05) is 7.11 Å². The van der Waals surface area contributed by atoms with Crippen LogP contribution in [0.2, 0.25) is 0 Å². The molecule has 0 aliphatic rings. The van der Waals surface area contributed by atoms with Crippen molar-refractivity contribution in [1.29, 1.82) is 0 Å². The number of carboxylic acids is 1. The molecule has 0 heterocycles. The highest BCUT2D eigenvalue weighted by atomic mass is 16.5. The summed E-state index contributed by atoms with van der Waals surface area (Å²) >= 11 is 0. The van der Waals surface area contributed by atoms with Crippen LogP contribution in [-0.2, 0) is 9.53 Å². The van der Waals surface area contributed by atoms with Gasteiger partial charge in [-0.2, -0.15) is 0 Å². The molecule has 1 N–H and O–H groups in total. The first kappa shape index (κ1) is 13.5. The molecule has 1 rings (SSSR count). The van der Waals surface area contributed by atoms with Gasteiger partial charge in [-0.25, -0.2) is 0 Å². The molecule has 0 saturated carbocycles. The molecule has 0 aliphatic heterocycles. The van der Waals surface area contributed by atoms with E-state index in [1.54, 1.807) is 7.11 Å². The van der Waals surface area contributed by atoms with Gasteiger partial charge in [0.2, 0.25) is 0 Å². The minimum Gasteiger partial charge on any atom is -0.491 e. The molecule has 0 bridgehead atoms. The topological polar surface area (TPSA) is 55.8 Å². The second kappa shape index (κ2) is 6.91. The Kier molecular flexibility index (Phi) is 5.49. The van der Waals surface area contributed by atoms with E-state index in [0.29, 0.717) is 13.2 Å². The first-order valence-corrected chi connectivity index (χ1v) is 5.57. The summed E-state index contributed by atoms with van der Waals surface area (Å²) in [6.07, 6.45) is 0.102. The minimum atomic E-state index is -0.802. The molecule has 1 aromatic rings. The molecular weight excluding hydrogens is 220 g/mol. The normalized spacial score (nSPS) is 12.1. The van der Waals surface area contributed by atoms with E-state index in [4.69, 9.17) is 14.6 Å². The smallest absolute Gasteiger partial charge is 0.303 e. The quantitative estimate of drug-likeness (QED) is 0.740. The number of hydrogen-bond acceptors (Lipinski definition) is 3. The first-order valence-electron chi connectivity index (χ1n) is 5.57. The van der Waals surface area contributed by atoms with E-state index in [1.807, 2.05) is 31.2 Å². The molecule has 0 saturated heterocycles. The lowest BCUT2D eigenvalue weighted by molar-refractivity contribution is -0.137. The molecule has 94 valence electrons. The van der Waals surface area contributed by atoms with Gasteiger partial charge in [0.15, 0.2) is 0 Å². The van der Waals surface area contributed by atoms with Gasteiger partial charge in [0.25, 0.3) is 0 Å². The molecule has 17 heavy (non-hydrogen) atoms. The Labute approximate surface area is 101 Å². The predicted molar refractivity (Wildman–Crippen MR) is 64.5 cm³/mol. The third-order valence-corrected chi connectivity index (χ3v) is 2.48. The first-order chi connectivity index (χ1) is 8.15.